The summed E-state index contributed by atoms with van der Waals surface area (Å²) in [6.45, 7) is 3.78. The highest BCUT2D eigenvalue weighted by atomic mass is 16.5. The molecular weight excluding hydrogens is 418 g/mol. The summed E-state index contributed by atoms with van der Waals surface area (Å²) >= 11 is 0. The Hall–Kier alpha value is -3.59. The number of hydrogen-bond acceptors (Lipinski definition) is 7. The molecule has 8 rings (SSSR count). The molecule has 9 nitrogen and oxygen atoms in total. The number of aryl methyl sites for hydroxylation is 1. The van der Waals surface area contributed by atoms with Gasteiger partial charge >= 0.3 is 0 Å². The highest BCUT2D eigenvalue weighted by molar-refractivity contribution is 6.00. The smallest absolute Gasteiger partial charge is 0.228 e. The molecule has 2 unspecified atom stereocenters. The highest BCUT2D eigenvalue weighted by Gasteiger charge is 2.38. The third-order valence-electron chi connectivity index (χ3n) is 6.85. The number of nitrogens with zero attached hydrogens (tertiary/aromatic N) is 6. The molecular formula is C24H23N7O2. The van der Waals surface area contributed by atoms with Gasteiger partial charge in [-0.05, 0) is 38.0 Å². The molecule has 4 aromatic heterocycles. The number of carbonyl (C=O) groups excluding carboxylic acids is 1. The second-order valence-corrected chi connectivity index (χ2v) is 9.28. The number of aromatic nitrogens is 5. The average molecular weight is 441 g/mol. The topological polar surface area (TPSA) is 97.5 Å². The van der Waals surface area contributed by atoms with E-state index >= 15 is 0 Å². The van der Waals surface area contributed by atoms with E-state index in [2.05, 4.69) is 26.3 Å². The zero-order valence-corrected chi connectivity index (χ0v) is 18.2. The molecule has 1 aliphatic carbocycles. The first-order valence-electron chi connectivity index (χ1n) is 11.4. The maximum atomic E-state index is 12.2. The van der Waals surface area contributed by atoms with Crippen LogP contribution < -0.4 is 10.2 Å². The largest absolute Gasteiger partial charge is 0.371 e. The Labute approximate surface area is 189 Å². The van der Waals surface area contributed by atoms with Crippen LogP contribution in [0.15, 0.2) is 36.8 Å². The van der Waals surface area contributed by atoms with Crippen LogP contribution in [0.1, 0.15) is 25.0 Å². The standard InChI is InChI=1S/C24H23N7O2/c1-13-19-8-26-21(27-24(32)14-2-3-14)7-18(19)20(9-25-13)23-28-22-5-4-15(10-31(22)29-23)30-11-16-6-17(12-30)33-16/h4-5,7-10,14,16-17H,2-3,6,11-12H2,1H3,(H,26,27,32). The third kappa shape index (κ3) is 3.22. The first kappa shape index (κ1) is 18.9. The van der Waals surface area contributed by atoms with E-state index in [1.165, 1.54) is 0 Å². The molecule has 9 heteroatoms. The summed E-state index contributed by atoms with van der Waals surface area (Å²) in [5.41, 5.74) is 3.59. The van der Waals surface area contributed by atoms with Gasteiger partial charge in [0, 0.05) is 59.9 Å². The fourth-order valence-electron chi connectivity index (χ4n) is 4.83. The normalized spacial score (nSPS) is 21.9. The number of hydrogen-bond donors (Lipinski definition) is 1. The number of piperidine rings is 1. The minimum Gasteiger partial charge on any atom is -0.371 e. The van der Waals surface area contributed by atoms with Crippen molar-refractivity contribution in [1.29, 1.82) is 0 Å². The summed E-state index contributed by atoms with van der Waals surface area (Å²) in [6, 6.07) is 6.00. The molecule has 3 aliphatic heterocycles. The Morgan fingerprint density at radius 1 is 1.12 bits per heavy atom. The Kier molecular flexibility index (Phi) is 3.99. The average Bonchev–Trinajstić information content (AvgIpc) is 3.58. The summed E-state index contributed by atoms with van der Waals surface area (Å²) in [6.07, 6.45) is 9.36. The van der Waals surface area contributed by atoms with Crippen molar-refractivity contribution in [2.75, 3.05) is 23.3 Å². The van der Waals surface area contributed by atoms with Crippen LogP contribution >= 0.6 is 0 Å². The molecule has 2 atom stereocenters. The number of pyridine rings is 3. The minimum absolute atomic E-state index is 0.0355. The molecule has 1 saturated carbocycles. The van der Waals surface area contributed by atoms with E-state index in [0.717, 1.165) is 65.7 Å². The molecule has 4 fully saturated rings. The Morgan fingerprint density at radius 3 is 2.73 bits per heavy atom. The van der Waals surface area contributed by atoms with Crippen molar-refractivity contribution in [1.82, 2.24) is 24.6 Å². The van der Waals surface area contributed by atoms with Crippen molar-refractivity contribution in [2.45, 2.75) is 38.4 Å². The molecule has 0 aromatic carbocycles. The van der Waals surface area contributed by atoms with Gasteiger partial charge in [-0.15, -0.1) is 5.10 Å². The zero-order valence-electron chi connectivity index (χ0n) is 18.2. The molecule has 4 aromatic rings. The van der Waals surface area contributed by atoms with Gasteiger partial charge in [-0.3, -0.25) is 9.78 Å². The van der Waals surface area contributed by atoms with Crippen LogP contribution in [-0.2, 0) is 9.53 Å². The first-order chi connectivity index (χ1) is 16.1. The number of carbonyl (C=O) groups is 1. The quantitative estimate of drug-likeness (QED) is 0.520. The monoisotopic (exact) mass is 441 g/mol. The Balaban J connectivity index is 1.27. The van der Waals surface area contributed by atoms with Crippen LogP contribution in [0, 0.1) is 12.8 Å². The summed E-state index contributed by atoms with van der Waals surface area (Å²) in [5.74, 6) is 1.30. The van der Waals surface area contributed by atoms with Crippen molar-refractivity contribution in [3.8, 4) is 11.4 Å². The van der Waals surface area contributed by atoms with Crippen molar-refractivity contribution in [3.63, 3.8) is 0 Å². The molecule has 1 amide bonds. The fourth-order valence-corrected chi connectivity index (χ4v) is 4.83. The summed E-state index contributed by atoms with van der Waals surface area (Å²) in [4.78, 5) is 28.3. The van der Waals surface area contributed by atoms with Gasteiger partial charge in [0.2, 0.25) is 5.91 Å². The predicted octanol–water partition coefficient (Wildman–Crippen LogP) is 2.97. The van der Waals surface area contributed by atoms with Gasteiger partial charge in [-0.1, -0.05) is 0 Å². The molecule has 0 radical (unpaired) electrons. The predicted molar refractivity (Wildman–Crippen MR) is 123 cm³/mol. The van der Waals surface area contributed by atoms with E-state index in [1.54, 1.807) is 12.4 Å². The number of rotatable bonds is 4. The minimum atomic E-state index is 0.0355. The van der Waals surface area contributed by atoms with E-state index in [4.69, 9.17) is 14.8 Å². The van der Waals surface area contributed by atoms with Crippen LogP contribution in [0.25, 0.3) is 27.8 Å². The molecule has 33 heavy (non-hydrogen) atoms. The molecule has 4 aliphatic rings. The number of anilines is 2. The molecule has 7 heterocycles. The van der Waals surface area contributed by atoms with Crippen LogP contribution in [0.5, 0.6) is 0 Å². The van der Waals surface area contributed by atoms with Crippen molar-refractivity contribution < 1.29 is 9.53 Å². The Morgan fingerprint density at radius 2 is 1.94 bits per heavy atom. The van der Waals surface area contributed by atoms with Gasteiger partial charge < -0.3 is 15.0 Å². The number of ether oxygens (including phenoxy) is 1. The van der Waals surface area contributed by atoms with E-state index < -0.39 is 0 Å². The van der Waals surface area contributed by atoms with E-state index in [-0.39, 0.29) is 11.8 Å². The highest BCUT2D eigenvalue weighted by Crippen LogP contribution is 2.33. The third-order valence-corrected chi connectivity index (χ3v) is 6.85. The maximum absolute atomic E-state index is 12.2. The summed E-state index contributed by atoms with van der Waals surface area (Å²) < 4.78 is 7.59. The second-order valence-electron chi connectivity index (χ2n) is 9.28. The zero-order chi connectivity index (χ0) is 22.1. The molecule has 0 spiro atoms. The summed E-state index contributed by atoms with van der Waals surface area (Å²) in [7, 11) is 0. The lowest BCUT2D eigenvalue weighted by molar-refractivity contribution is -0.133. The molecule has 2 bridgehead atoms. The van der Waals surface area contributed by atoms with Gasteiger partial charge in [-0.2, -0.15) is 0 Å². The van der Waals surface area contributed by atoms with E-state index in [0.29, 0.717) is 23.9 Å². The molecule has 3 saturated heterocycles. The lowest BCUT2D eigenvalue weighted by Gasteiger charge is -2.47. The van der Waals surface area contributed by atoms with Crippen LogP contribution in [-0.4, -0.2) is 55.8 Å². The second kappa shape index (κ2) is 6.95. The maximum Gasteiger partial charge on any atom is 0.228 e. The van der Waals surface area contributed by atoms with Crippen molar-refractivity contribution in [2.24, 2.45) is 5.92 Å². The Bertz CT molecular complexity index is 1410. The molecule has 166 valence electrons. The van der Waals surface area contributed by atoms with Gasteiger partial charge in [0.1, 0.15) is 5.82 Å². The lowest BCUT2D eigenvalue weighted by Crippen LogP contribution is -2.57. The fraction of sp³-hybridized carbons (Fsp3) is 0.375. The SMILES string of the molecule is Cc1ncc(-c2nc3ccc(N4CC5CC(C4)O5)cn3n2)c2cc(NC(=O)C3CC3)ncc12. The van der Waals surface area contributed by atoms with Crippen LogP contribution in [0.4, 0.5) is 11.5 Å². The first-order valence-corrected chi connectivity index (χ1v) is 11.4. The number of morpholine rings is 1. The number of nitrogens with one attached hydrogen (secondary N) is 1. The lowest BCUT2D eigenvalue weighted by atomic mass is 9.98. The van der Waals surface area contributed by atoms with Crippen molar-refractivity contribution >= 4 is 33.8 Å². The molecule has 1 N–H and O–H groups in total. The van der Waals surface area contributed by atoms with E-state index in [1.807, 2.05) is 29.8 Å². The van der Waals surface area contributed by atoms with Gasteiger partial charge in [-0.25, -0.2) is 14.5 Å². The number of amides is 1. The van der Waals surface area contributed by atoms with Crippen molar-refractivity contribution in [3.05, 3.63) is 42.5 Å². The van der Waals surface area contributed by atoms with E-state index in [9.17, 15) is 4.79 Å². The summed E-state index contributed by atoms with van der Waals surface area (Å²) in [5, 5.41) is 9.56. The van der Waals surface area contributed by atoms with Crippen LogP contribution in [0.3, 0.4) is 0 Å². The number of fused-ring (bicyclic) bond motifs is 4. The van der Waals surface area contributed by atoms with Gasteiger partial charge in [0.15, 0.2) is 11.5 Å². The van der Waals surface area contributed by atoms with Gasteiger partial charge in [0.25, 0.3) is 0 Å². The van der Waals surface area contributed by atoms with Crippen LogP contribution in [0.2, 0.25) is 0 Å². The van der Waals surface area contributed by atoms with Gasteiger partial charge in [0.05, 0.1) is 24.1 Å².